The van der Waals surface area contributed by atoms with Crippen LogP contribution in [0.1, 0.15) is 28.4 Å². The van der Waals surface area contributed by atoms with Crippen LogP contribution in [0.15, 0.2) is 60.7 Å². The van der Waals surface area contributed by atoms with Crippen molar-refractivity contribution >= 4 is 23.2 Å². The molecule has 0 bridgehead atoms. The number of hydrogen-bond donors (Lipinski definition) is 1. The predicted octanol–water partition coefficient (Wildman–Crippen LogP) is 6.02. The zero-order valence-electron chi connectivity index (χ0n) is 16.2. The van der Waals surface area contributed by atoms with Crippen molar-refractivity contribution in [2.45, 2.75) is 20.5 Å². The normalized spacial score (nSPS) is 10.5. The summed E-state index contributed by atoms with van der Waals surface area (Å²) in [7, 11) is 0. The highest BCUT2D eigenvalue weighted by Gasteiger charge is 2.17. The van der Waals surface area contributed by atoms with Crippen LogP contribution < -0.4 is 14.8 Å². The van der Waals surface area contributed by atoms with Crippen LogP contribution in [0, 0.1) is 12.7 Å². The number of nitrogens with one attached hydrogen (secondary N) is 1. The average molecular weight is 414 g/mol. The van der Waals surface area contributed by atoms with Gasteiger partial charge in [0.15, 0.2) is 11.5 Å². The highest BCUT2D eigenvalue weighted by molar-refractivity contribution is 6.32. The van der Waals surface area contributed by atoms with Crippen LogP contribution in [-0.4, -0.2) is 12.5 Å². The Hall–Kier alpha value is -3.05. The van der Waals surface area contributed by atoms with Crippen LogP contribution in [0.25, 0.3) is 0 Å². The second-order valence-corrected chi connectivity index (χ2v) is 6.86. The third-order valence-corrected chi connectivity index (χ3v) is 4.46. The topological polar surface area (TPSA) is 47.6 Å². The van der Waals surface area contributed by atoms with Crippen LogP contribution >= 0.6 is 11.6 Å². The number of carbonyl (C=O) groups is 1. The summed E-state index contributed by atoms with van der Waals surface area (Å²) in [6, 6.07) is 16.6. The minimum Gasteiger partial charge on any atom is -0.490 e. The van der Waals surface area contributed by atoms with Crippen molar-refractivity contribution in [1.29, 1.82) is 0 Å². The molecule has 0 unspecified atom stereocenters. The molecule has 0 aliphatic carbocycles. The second kappa shape index (κ2) is 9.43. The summed E-state index contributed by atoms with van der Waals surface area (Å²) in [6.45, 7) is 4.56. The highest BCUT2D eigenvalue weighted by Crippen LogP contribution is 2.37. The SMILES string of the molecule is CCOc1cc(C(=O)Nc2ccc(F)cc2)cc(Cl)c1OCc1ccc(C)cc1. The summed E-state index contributed by atoms with van der Waals surface area (Å²) >= 11 is 6.39. The maximum atomic E-state index is 13.0. The van der Waals surface area contributed by atoms with Crippen molar-refractivity contribution in [2.24, 2.45) is 0 Å². The van der Waals surface area contributed by atoms with Crippen molar-refractivity contribution in [3.05, 3.63) is 88.2 Å². The Labute approximate surface area is 174 Å². The number of aryl methyl sites for hydroxylation is 1. The van der Waals surface area contributed by atoms with E-state index in [1.807, 2.05) is 38.1 Å². The lowest BCUT2D eigenvalue weighted by Gasteiger charge is -2.15. The lowest BCUT2D eigenvalue weighted by Crippen LogP contribution is -2.12. The van der Waals surface area contributed by atoms with Crippen molar-refractivity contribution in [3.8, 4) is 11.5 Å². The molecule has 0 saturated carbocycles. The molecule has 29 heavy (non-hydrogen) atoms. The number of amides is 1. The molecule has 0 spiro atoms. The van der Waals surface area contributed by atoms with Gasteiger partial charge < -0.3 is 14.8 Å². The standard InChI is InChI=1S/C23H21ClFNO3/c1-3-28-21-13-17(23(27)26-19-10-8-18(25)9-11-19)12-20(24)22(21)29-14-16-6-4-15(2)5-7-16/h4-13H,3,14H2,1-2H3,(H,26,27). The van der Waals surface area contributed by atoms with Crippen LogP contribution in [-0.2, 0) is 6.61 Å². The minimum absolute atomic E-state index is 0.271. The lowest BCUT2D eigenvalue weighted by atomic mass is 10.1. The number of benzene rings is 3. The second-order valence-electron chi connectivity index (χ2n) is 6.45. The molecule has 3 aromatic rings. The monoisotopic (exact) mass is 413 g/mol. The lowest BCUT2D eigenvalue weighted by molar-refractivity contribution is 0.102. The Kier molecular flexibility index (Phi) is 6.73. The molecule has 3 aromatic carbocycles. The molecule has 0 atom stereocenters. The third-order valence-electron chi connectivity index (χ3n) is 4.18. The van der Waals surface area contributed by atoms with E-state index >= 15 is 0 Å². The van der Waals surface area contributed by atoms with Gasteiger partial charge in [0, 0.05) is 11.3 Å². The Morgan fingerprint density at radius 1 is 1.03 bits per heavy atom. The number of anilines is 1. The highest BCUT2D eigenvalue weighted by atomic mass is 35.5. The molecule has 3 rings (SSSR count). The molecule has 0 heterocycles. The van der Waals surface area contributed by atoms with Gasteiger partial charge in [0.2, 0.25) is 0 Å². The first-order valence-electron chi connectivity index (χ1n) is 9.18. The van der Waals surface area contributed by atoms with Crippen molar-refractivity contribution in [2.75, 3.05) is 11.9 Å². The zero-order chi connectivity index (χ0) is 20.8. The molecule has 1 N–H and O–H groups in total. The summed E-state index contributed by atoms with van der Waals surface area (Å²) in [5.74, 6) is 0.00749. The summed E-state index contributed by atoms with van der Waals surface area (Å²) in [5, 5.41) is 2.97. The van der Waals surface area contributed by atoms with Crippen LogP contribution in [0.5, 0.6) is 11.5 Å². The van der Waals surface area contributed by atoms with Crippen LogP contribution in [0.4, 0.5) is 10.1 Å². The summed E-state index contributed by atoms with van der Waals surface area (Å²) in [5.41, 5.74) is 2.95. The Morgan fingerprint density at radius 3 is 2.38 bits per heavy atom. The molecule has 0 aromatic heterocycles. The van der Waals surface area contributed by atoms with Crippen LogP contribution in [0.2, 0.25) is 5.02 Å². The van der Waals surface area contributed by atoms with E-state index in [-0.39, 0.29) is 16.7 Å². The largest absolute Gasteiger partial charge is 0.490 e. The average Bonchev–Trinajstić information content (AvgIpc) is 2.70. The van der Waals surface area contributed by atoms with Crippen molar-refractivity contribution in [1.82, 2.24) is 0 Å². The minimum atomic E-state index is -0.385. The molecule has 0 radical (unpaired) electrons. The number of carbonyl (C=O) groups excluding carboxylic acids is 1. The van der Waals surface area contributed by atoms with Gasteiger partial charge in [-0.2, -0.15) is 0 Å². The fraction of sp³-hybridized carbons (Fsp3) is 0.174. The number of hydrogen-bond acceptors (Lipinski definition) is 3. The molecule has 0 aliphatic rings. The molecule has 150 valence electrons. The first kappa shape index (κ1) is 20.7. The number of halogens is 2. The quantitative estimate of drug-likeness (QED) is 0.515. The fourth-order valence-electron chi connectivity index (χ4n) is 2.68. The molecule has 6 heteroatoms. The van der Waals surface area contributed by atoms with Gasteiger partial charge in [0.1, 0.15) is 12.4 Å². The van der Waals surface area contributed by atoms with Gasteiger partial charge in [-0.25, -0.2) is 4.39 Å². The first-order valence-corrected chi connectivity index (χ1v) is 9.55. The maximum Gasteiger partial charge on any atom is 0.255 e. The van der Waals surface area contributed by atoms with E-state index in [4.69, 9.17) is 21.1 Å². The molecule has 0 fully saturated rings. The third kappa shape index (κ3) is 5.48. The van der Waals surface area contributed by atoms with Crippen molar-refractivity contribution in [3.63, 3.8) is 0 Å². The zero-order valence-corrected chi connectivity index (χ0v) is 16.9. The summed E-state index contributed by atoms with van der Waals surface area (Å²) in [6.07, 6.45) is 0. The van der Waals surface area contributed by atoms with E-state index in [0.29, 0.717) is 36.0 Å². The van der Waals surface area contributed by atoms with E-state index in [2.05, 4.69) is 5.32 Å². The molecular weight excluding hydrogens is 393 g/mol. The molecular formula is C23H21ClFNO3. The number of ether oxygens (including phenoxy) is 2. The molecule has 0 aliphatic heterocycles. The first-order chi connectivity index (χ1) is 14.0. The number of rotatable bonds is 7. The van der Waals surface area contributed by atoms with Crippen LogP contribution in [0.3, 0.4) is 0 Å². The molecule has 1 amide bonds. The van der Waals surface area contributed by atoms with Gasteiger partial charge in [-0.3, -0.25) is 4.79 Å². The van der Waals surface area contributed by atoms with E-state index in [1.165, 1.54) is 35.9 Å². The van der Waals surface area contributed by atoms with E-state index in [1.54, 1.807) is 6.07 Å². The van der Waals surface area contributed by atoms with Gasteiger partial charge in [-0.15, -0.1) is 0 Å². The van der Waals surface area contributed by atoms with Crippen molar-refractivity contribution < 1.29 is 18.7 Å². The molecule has 4 nitrogen and oxygen atoms in total. The Bertz CT molecular complexity index is 988. The molecule has 0 saturated heterocycles. The summed E-state index contributed by atoms with van der Waals surface area (Å²) in [4.78, 5) is 12.6. The van der Waals surface area contributed by atoms with Gasteiger partial charge in [0.05, 0.1) is 11.6 Å². The van der Waals surface area contributed by atoms with Gasteiger partial charge >= 0.3 is 0 Å². The van der Waals surface area contributed by atoms with E-state index < -0.39 is 0 Å². The predicted molar refractivity (Wildman–Crippen MR) is 112 cm³/mol. The van der Waals surface area contributed by atoms with Gasteiger partial charge in [-0.05, 0) is 55.8 Å². The fourth-order valence-corrected chi connectivity index (χ4v) is 2.94. The van der Waals surface area contributed by atoms with Gasteiger partial charge in [-0.1, -0.05) is 41.4 Å². The van der Waals surface area contributed by atoms with E-state index in [9.17, 15) is 9.18 Å². The van der Waals surface area contributed by atoms with E-state index in [0.717, 1.165) is 5.56 Å². The van der Waals surface area contributed by atoms with Gasteiger partial charge in [0.25, 0.3) is 5.91 Å². The smallest absolute Gasteiger partial charge is 0.255 e. The Balaban J connectivity index is 1.80. The maximum absolute atomic E-state index is 13.0. The summed E-state index contributed by atoms with van der Waals surface area (Å²) < 4.78 is 24.6. The Morgan fingerprint density at radius 2 is 1.72 bits per heavy atom.